The molecule has 1 aromatic rings. The van der Waals surface area contributed by atoms with Crippen LogP contribution in [0.1, 0.15) is 44.1 Å². The lowest BCUT2D eigenvalue weighted by atomic mass is 9.53. The van der Waals surface area contributed by atoms with Crippen molar-refractivity contribution >= 4 is 5.91 Å². The van der Waals surface area contributed by atoms with Crippen LogP contribution < -0.4 is 5.32 Å². The first-order valence-corrected chi connectivity index (χ1v) is 10.4. The van der Waals surface area contributed by atoms with Crippen molar-refractivity contribution in [2.24, 2.45) is 17.8 Å². The Kier molecular flexibility index (Phi) is 5.60. The molecule has 1 amide bonds. The highest BCUT2D eigenvalue weighted by Crippen LogP contribution is 2.54. The van der Waals surface area contributed by atoms with Crippen LogP contribution in [-0.4, -0.2) is 49.7 Å². The Morgan fingerprint density at radius 2 is 1.85 bits per heavy atom. The molecule has 1 N–H and O–H groups in total. The molecule has 3 fully saturated rings. The van der Waals surface area contributed by atoms with Gasteiger partial charge in [-0.3, -0.25) is 9.69 Å². The van der Waals surface area contributed by atoms with Gasteiger partial charge in [0.2, 0.25) is 5.91 Å². The molecular weight excluding hydrogens is 324 g/mol. The van der Waals surface area contributed by atoms with Crippen molar-refractivity contribution < 1.29 is 9.53 Å². The summed E-state index contributed by atoms with van der Waals surface area (Å²) in [7, 11) is 0. The van der Waals surface area contributed by atoms with E-state index in [4.69, 9.17) is 4.74 Å². The van der Waals surface area contributed by atoms with Crippen molar-refractivity contribution in [3.05, 3.63) is 35.9 Å². The molecule has 1 heterocycles. The summed E-state index contributed by atoms with van der Waals surface area (Å²) >= 11 is 0. The number of hydrogen-bond donors (Lipinski definition) is 1. The zero-order valence-corrected chi connectivity index (χ0v) is 15.9. The van der Waals surface area contributed by atoms with Crippen LogP contribution >= 0.6 is 0 Å². The molecule has 2 saturated carbocycles. The van der Waals surface area contributed by atoms with E-state index in [0.717, 1.165) is 38.8 Å². The molecule has 0 spiro atoms. The highest BCUT2D eigenvalue weighted by atomic mass is 16.5. The fraction of sp³-hybridized carbons (Fsp3) is 0.682. The number of ether oxygens (including phenoxy) is 1. The van der Waals surface area contributed by atoms with Crippen molar-refractivity contribution in [3.8, 4) is 0 Å². The minimum atomic E-state index is 0.0344. The number of carbonyl (C=O) groups is 1. The molecular formula is C22H32N2O2. The molecule has 1 saturated heterocycles. The van der Waals surface area contributed by atoms with Gasteiger partial charge in [0.1, 0.15) is 0 Å². The van der Waals surface area contributed by atoms with Crippen LogP contribution in [0.15, 0.2) is 30.3 Å². The van der Waals surface area contributed by atoms with Gasteiger partial charge in [-0.1, -0.05) is 50.1 Å². The number of benzene rings is 1. The second kappa shape index (κ2) is 8.10. The van der Waals surface area contributed by atoms with E-state index in [1.807, 2.05) is 0 Å². The largest absolute Gasteiger partial charge is 0.379 e. The second-order valence-electron chi connectivity index (χ2n) is 8.40. The van der Waals surface area contributed by atoms with E-state index in [9.17, 15) is 4.79 Å². The van der Waals surface area contributed by atoms with Crippen molar-refractivity contribution in [1.29, 1.82) is 0 Å². The van der Waals surface area contributed by atoms with Gasteiger partial charge in [-0.25, -0.2) is 0 Å². The van der Waals surface area contributed by atoms with Crippen LogP contribution in [0.4, 0.5) is 0 Å². The summed E-state index contributed by atoms with van der Waals surface area (Å²) < 4.78 is 5.41. The number of morpholine rings is 1. The molecule has 0 bridgehead atoms. The van der Waals surface area contributed by atoms with Gasteiger partial charge in [-0.15, -0.1) is 0 Å². The molecule has 3 aliphatic rings. The minimum Gasteiger partial charge on any atom is -0.379 e. The smallest absolute Gasteiger partial charge is 0.224 e. The molecule has 5 atom stereocenters. The number of amides is 1. The zero-order valence-electron chi connectivity index (χ0n) is 15.9. The van der Waals surface area contributed by atoms with Crippen LogP contribution in [0.5, 0.6) is 0 Å². The van der Waals surface area contributed by atoms with Gasteiger partial charge in [0.25, 0.3) is 0 Å². The summed E-state index contributed by atoms with van der Waals surface area (Å²) in [6, 6.07) is 11.1. The normalized spacial score (nSPS) is 33.0. The van der Waals surface area contributed by atoms with Crippen molar-refractivity contribution in [1.82, 2.24) is 10.2 Å². The highest BCUT2D eigenvalue weighted by molar-refractivity contribution is 5.79. The maximum absolute atomic E-state index is 12.9. The van der Waals surface area contributed by atoms with Gasteiger partial charge in [0.15, 0.2) is 0 Å². The van der Waals surface area contributed by atoms with Crippen molar-refractivity contribution in [2.45, 2.75) is 44.6 Å². The number of fused-ring (bicyclic) bond motifs is 1. The lowest BCUT2D eigenvalue weighted by Crippen LogP contribution is -2.60. The zero-order chi connectivity index (χ0) is 17.9. The molecule has 0 unspecified atom stereocenters. The molecule has 4 nitrogen and oxygen atoms in total. The fourth-order valence-electron chi connectivity index (χ4n) is 5.35. The highest BCUT2D eigenvalue weighted by Gasteiger charge is 2.51. The quantitative estimate of drug-likeness (QED) is 0.882. The molecule has 1 aliphatic heterocycles. The molecule has 2 aliphatic carbocycles. The molecule has 0 aromatic heterocycles. The molecule has 4 rings (SSSR count). The predicted molar refractivity (Wildman–Crippen MR) is 103 cm³/mol. The van der Waals surface area contributed by atoms with Gasteiger partial charge < -0.3 is 10.1 Å². The first-order chi connectivity index (χ1) is 12.7. The maximum atomic E-state index is 12.9. The van der Waals surface area contributed by atoms with Gasteiger partial charge in [-0.2, -0.15) is 0 Å². The summed E-state index contributed by atoms with van der Waals surface area (Å²) in [6.45, 7) is 6.37. The third kappa shape index (κ3) is 3.67. The SMILES string of the molecule is C[C@H](CN1CCOCC1)C(=O)N[C@H]1[C@H]2CCCC[C@H]2[C@@H]1c1ccccc1. The molecule has 1 aromatic carbocycles. The Balaban J connectivity index is 1.40. The van der Waals surface area contributed by atoms with Gasteiger partial charge in [-0.05, 0) is 30.2 Å². The lowest BCUT2D eigenvalue weighted by molar-refractivity contribution is -0.129. The average Bonchev–Trinajstić information content (AvgIpc) is 2.68. The van der Waals surface area contributed by atoms with E-state index >= 15 is 0 Å². The number of carbonyl (C=O) groups excluding carboxylic acids is 1. The van der Waals surface area contributed by atoms with E-state index in [1.54, 1.807) is 0 Å². The van der Waals surface area contributed by atoms with E-state index < -0.39 is 0 Å². The van der Waals surface area contributed by atoms with Crippen LogP contribution in [0.3, 0.4) is 0 Å². The van der Waals surface area contributed by atoms with Crippen LogP contribution in [0.25, 0.3) is 0 Å². The third-order valence-electron chi connectivity index (χ3n) is 6.76. The topological polar surface area (TPSA) is 41.6 Å². The van der Waals surface area contributed by atoms with E-state index in [-0.39, 0.29) is 11.8 Å². The Labute approximate surface area is 157 Å². The van der Waals surface area contributed by atoms with Crippen molar-refractivity contribution in [3.63, 3.8) is 0 Å². The minimum absolute atomic E-state index is 0.0344. The van der Waals surface area contributed by atoms with Gasteiger partial charge in [0, 0.05) is 37.5 Å². The van der Waals surface area contributed by atoms with E-state index in [0.29, 0.717) is 17.9 Å². The second-order valence-corrected chi connectivity index (χ2v) is 8.40. The standard InChI is InChI=1S/C22H32N2O2/c1-16(15-24-11-13-26-14-12-24)22(25)23-21-19-10-6-5-9-18(19)20(21)17-7-3-2-4-8-17/h2-4,7-8,16,18-21H,5-6,9-15H2,1H3,(H,23,25)/t16-,18-,19+,20+,21+/m1/s1. The first kappa shape index (κ1) is 18.0. The fourth-order valence-corrected chi connectivity index (χ4v) is 5.35. The monoisotopic (exact) mass is 356 g/mol. The van der Waals surface area contributed by atoms with E-state index in [2.05, 4.69) is 47.5 Å². The van der Waals surface area contributed by atoms with Crippen LogP contribution in [0, 0.1) is 17.8 Å². The van der Waals surface area contributed by atoms with Crippen LogP contribution in [-0.2, 0) is 9.53 Å². The Morgan fingerprint density at radius 3 is 2.58 bits per heavy atom. The molecule has 142 valence electrons. The summed E-state index contributed by atoms with van der Waals surface area (Å²) in [5.41, 5.74) is 1.40. The van der Waals surface area contributed by atoms with E-state index in [1.165, 1.54) is 31.2 Å². The summed E-state index contributed by atoms with van der Waals surface area (Å²) in [4.78, 5) is 15.3. The molecule has 26 heavy (non-hydrogen) atoms. The first-order valence-electron chi connectivity index (χ1n) is 10.4. The van der Waals surface area contributed by atoms with Crippen molar-refractivity contribution in [2.75, 3.05) is 32.8 Å². The third-order valence-corrected chi connectivity index (χ3v) is 6.76. The summed E-state index contributed by atoms with van der Waals surface area (Å²) in [5, 5.41) is 3.46. The number of nitrogens with one attached hydrogen (secondary N) is 1. The maximum Gasteiger partial charge on any atom is 0.224 e. The Bertz CT molecular complexity index is 599. The van der Waals surface area contributed by atoms with Crippen LogP contribution in [0.2, 0.25) is 0 Å². The lowest BCUT2D eigenvalue weighted by Gasteiger charge is -2.55. The summed E-state index contributed by atoms with van der Waals surface area (Å²) in [5.74, 6) is 2.19. The average molecular weight is 357 g/mol. The van der Waals surface area contributed by atoms with Gasteiger partial charge >= 0.3 is 0 Å². The number of rotatable bonds is 5. The Morgan fingerprint density at radius 1 is 1.15 bits per heavy atom. The molecule has 4 heteroatoms. The molecule has 0 radical (unpaired) electrons. The number of hydrogen-bond acceptors (Lipinski definition) is 3. The predicted octanol–water partition coefficient (Wildman–Crippen LogP) is 3.04. The Hall–Kier alpha value is -1.39. The number of nitrogens with zero attached hydrogens (tertiary/aromatic N) is 1. The van der Waals surface area contributed by atoms with Gasteiger partial charge in [0.05, 0.1) is 13.2 Å². The summed E-state index contributed by atoms with van der Waals surface area (Å²) in [6.07, 6.45) is 5.26.